The summed E-state index contributed by atoms with van der Waals surface area (Å²) in [5.74, 6) is 0.0286. The van der Waals surface area contributed by atoms with Crippen LogP contribution in [0.4, 0.5) is 0 Å². The molecule has 1 fully saturated rings. The van der Waals surface area contributed by atoms with Gasteiger partial charge in [0, 0.05) is 25.8 Å². The van der Waals surface area contributed by atoms with Crippen molar-refractivity contribution in [2.75, 3.05) is 19.7 Å². The van der Waals surface area contributed by atoms with Crippen molar-refractivity contribution in [3.63, 3.8) is 0 Å². The first-order chi connectivity index (χ1) is 11.3. The molecule has 0 aliphatic carbocycles. The molecule has 23 heavy (non-hydrogen) atoms. The van der Waals surface area contributed by atoms with Gasteiger partial charge in [0.1, 0.15) is 5.01 Å². The minimum Gasteiger partial charge on any atom is -0.376 e. The summed E-state index contributed by atoms with van der Waals surface area (Å²) in [6, 6.07) is 8.01. The van der Waals surface area contributed by atoms with Gasteiger partial charge in [-0.3, -0.25) is 4.79 Å². The number of likely N-dealkylation sites (N-methyl/N-ethyl adjacent to an activating group) is 1. The fourth-order valence-corrected chi connectivity index (χ4v) is 3.65. The van der Waals surface area contributed by atoms with Gasteiger partial charge in [0.25, 0.3) is 0 Å². The molecule has 0 radical (unpaired) electrons. The summed E-state index contributed by atoms with van der Waals surface area (Å²) in [4.78, 5) is 18.8. The van der Waals surface area contributed by atoms with Gasteiger partial charge in [0.2, 0.25) is 5.91 Å². The number of rotatable bonds is 5. The van der Waals surface area contributed by atoms with Crippen LogP contribution in [0.1, 0.15) is 31.2 Å². The minimum atomic E-state index is 0.0286. The molecular formula is C18H22N2O2S. The second-order valence-electron chi connectivity index (χ2n) is 5.72. The van der Waals surface area contributed by atoms with Crippen LogP contribution in [0.5, 0.6) is 0 Å². The Morgan fingerprint density at radius 2 is 2.30 bits per heavy atom. The molecule has 1 atom stereocenters. The van der Waals surface area contributed by atoms with Crippen LogP contribution in [0.15, 0.2) is 30.3 Å². The standard InChI is InChI=1S/C18H22N2O2S/c1-2-20(13-14-7-5-6-12-22-14)18(21)11-10-17-19-15-8-3-4-9-16(15)23-17/h3-4,8-11,14H,2,5-7,12-13H2,1H3/b11-10+. The Morgan fingerprint density at radius 3 is 3.04 bits per heavy atom. The lowest BCUT2D eigenvalue weighted by Gasteiger charge is -2.28. The third-order valence-electron chi connectivity index (χ3n) is 4.07. The molecule has 2 heterocycles. The van der Waals surface area contributed by atoms with Gasteiger partial charge in [-0.2, -0.15) is 0 Å². The lowest BCUT2D eigenvalue weighted by atomic mass is 10.1. The molecule has 1 unspecified atom stereocenters. The van der Waals surface area contributed by atoms with Crippen molar-refractivity contribution in [1.82, 2.24) is 9.88 Å². The number of fused-ring (bicyclic) bond motifs is 1. The molecule has 0 spiro atoms. The summed E-state index contributed by atoms with van der Waals surface area (Å²) < 4.78 is 6.88. The Hall–Kier alpha value is -1.72. The topological polar surface area (TPSA) is 42.4 Å². The van der Waals surface area contributed by atoms with Gasteiger partial charge < -0.3 is 9.64 Å². The fraction of sp³-hybridized carbons (Fsp3) is 0.444. The average molecular weight is 330 g/mol. The zero-order valence-electron chi connectivity index (χ0n) is 13.4. The molecule has 3 rings (SSSR count). The SMILES string of the molecule is CCN(CC1CCCCO1)C(=O)/C=C/c1nc2ccccc2s1. The Bertz CT molecular complexity index is 656. The number of benzene rings is 1. The second-order valence-corrected chi connectivity index (χ2v) is 6.78. The van der Waals surface area contributed by atoms with Gasteiger partial charge in [0.15, 0.2) is 0 Å². The van der Waals surface area contributed by atoms with E-state index in [9.17, 15) is 4.79 Å². The minimum absolute atomic E-state index is 0.0286. The van der Waals surface area contributed by atoms with E-state index in [1.807, 2.05) is 42.2 Å². The highest BCUT2D eigenvalue weighted by molar-refractivity contribution is 7.19. The maximum absolute atomic E-state index is 12.4. The molecule has 1 aromatic carbocycles. The van der Waals surface area contributed by atoms with E-state index in [0.29, 0.717) is 13.1 Å². The first kappa shape index (κ1) is 16.1. The predicted octanol–water partition coefficient (Wildman–Crippen LogP) is 3.73. The van der Waals surface area contributed by atoms with Gasteiger partial charge in [-0.05, 0) is 44.4 Å². The molecule has 122 valence electrons. The highest BCUT2D eigenvalue weighted by Gasteiger charge is 2.19. The van der Waals surface area contributed by atoms with Crippen molar-refractivity contribution in [3.05, 3.63) is 35.3 Å². The number of para-hydroxylation sites is 1. The van der Waals surface area contributed by atoms with Gasteiger partial charge in [-0.15, -0.1) is 11.3 Å². The van der Waals surface area contributed by atoms with E-state index in [-0.39, 0.29) is 12.0 Å². The maximum Gasteiger partial charge on any atom is 0.246 e. The third kappa shape index (κ3) is 4.18. The molecule has 1 aliphatic rings. The Labute approximate surface area is 140 Å². The van der Waals surface area contributed by atoms with Gasteiger partial charge >= 0.3 is 0 Å². The number of hydrogen-bond acceptors (Lipinski definition) is 4. The van der Waals surface area contributed by atoms with Gasteiger partial charge in [0.05, 0.1) is 16.3 Å². The lowest BCUT2D eigenvalue weighted by Crippen LogP contribution is -2.38. The summed E-state index contributed by atoms with van der Waals surface area (Å²) in [5, 5.41) is 0.865. The number of carbonyl (C=O) groups excluding carboxylic acids is 1. The number of hydrogen-bond donors (Lipinski definition) is 0. The first-order valence-corrected chi connectivity index (χ1v) is 9.02. The van der Waals surface area contributed by atoms with Crippen molar-refractivity contribution in [2.24, 2.45) is 0 Å². The molecule has 1 saturated heterocycles. The summed E-state index contributed by atoms with van der Waals surface area (Å²) in [6.07, 6.45) is 7.00. The zero-order chi connectivity index (χ0) is 16.1. The monoisotopic (exact) mass is 330 g/mol. The Kier molecular flexibility index (Phi) is 5.41. The number of carbonyl (C=O) groups is 1. The predicted molar refractivity (Wildman–Crippen MR) is 94.5 cm³/mol. The van der Waals surface area contributed by atoms with Crippen LogP contribution >= 0.6 is 11.3 Å². The third-order valence-corrected chi connectivity index (χ3v) is 5.07. The van der Waals surface area contributed by atoms with Gasteiger partial charge in [-0.1, -0.05) is 12.1 Å². The van der Waals surface area contributed by atoms with E-state index < -0.39 is 0 Å². The number of aromatic nitrogens is 1. The molecule has 0 saturated carbocycles. The van der Waals surface area contributed by atoms with Crippen LogP contribution in [-0.2, 0) is 9.53 Å². The smallest absolute Gasteiger partial charge is 0.246 e. The molecule has 0 N–H and O–H groups in total. The summed E-state index contributed by atoms with van der Waals surface area (Å²) in [7, 11) is 0. The number of ether oxygens (including phenoxy) is 1. The van der Waals surface area contributed by atoms with Crippen LogP contribution in [0.25, 0.3) is 16.3 Å². The zero-order valence-corrected chi connectivity index (χ0v) is 14.2. The molecule has 4 nitrogen and oxygen atoms in total. The van der Waals surface area contributed by atoms with Crippen molar-refractivity contribution < 1.29 is 9.53 Å². The number of thiazole rings is 1. The van der Waals surface area contributed by atoms with Gasteiger partial charge in [-0.25, -0.2) is 4.98 Å². The van der Waals surface area contributed by atoms with Crippen molar-refractivity contribution >= 4 is 33.5 Å². The van der Waals surface area contributed by atoms with Crippen molar-refractivity contribution in [1.29, 1.82) is 0 Å². The van der Waals surface area contributed by atoms with Crippen LogP contribution in [0, 0.1) is 0 Å². The summed E-state index contributed by atoms with van der Waals surface area (Å²) >= 11 is 1.60. The van der Waals surface area contributed by atoms with E-state index in [0.717, 1.165) is 34.7 Å². The Morgan fingerprint density at radius 1 is 1.43 bits per heavy atom. The summed E-state index contributed by atoms with van der Waals surface area (Å²) in [5.41, 5.74) is 0.979. The summed E-state index contributed by atoms with van der Waals surface area (Å²) in [6.45, 7) is 4.20. The molecular weight excluding hydrogens is 308 g/mol. The maximum atomic E-state index is 12.4. The largest absolute Gasteiger partial charge is 0.376 e. The lowest BCUT2D eigenvalue weighted by molar-refractivity contribution is -0.128. The quantitative estimate of drug-likeness (QED) is 0.785. The van der Waals surface area contributed by atoms with Crippen molar-refractivity contribution in [2.45, 2.75) is 32.3 Å². The van der Waals surface area contributed by atoms with Crippen LogP contribution < -0.4 is 0 Å². The number of amides is 1. The van der Waals surface area contributed by atoms with E-state index in [1.165, 1.54) is 6.42 Å². The van der Waals surface area contributed by atoms with E-state index in [1.54, 1.807) is 17.4 Å². The van der Waals surface area contributed by atoms with E-state index in [2.05, 4.69) is 4.98 Å². The molecule has 1 aliphatic heterocycles. The molecule has 5 heteroatoms. The molecule has 2 aromatic rings. The molecule has 1 aromatic heterocycles. The van der Waals surface area contributed by atoms with E-state index in [4.69, 9.17) is 4.74 Å². The van der Waals surface area contributed by atoms with E-state index >= 15 is 0 Å². The first-order valence-electron chi connectivity index (χ1n) is 8.20. The highest BCUT2D eigenvalue weighted by atomic mass is 32.1. The molecule has 0 bridgehead atoms. The van der Waals surface area contributed by atoms with Crippen molar-refractivity contribution in [3.8, 4) is 0 Å². The average Bonchev–Trinajstić information content (AvgIpc) is 3.01. The van der Waals surface area contributed by atoms with Crippen LogP contribution in [-0.4, -0.2) is 41.6 Å². The van der Waals surface area contributed by atoms with Crippen LogP contribution in [0.2, 0.25) is 0 Å². The highest BCUT2D eigenvalue weighted by Crippen LogP contribution is 2.22. The van der Waals surface area contributed by atoms with Crippen LogP contribution in [0.3, 0.4) is 0 Å². The second kappa shape index (κ2) is 7.70. The normalized spacial score (nSPS) is 18.6. The fourth-order valence-electron chi connectivity index (χ4n) is 2.78. The molecule has 1 amide bonds. The number of nitrogens with zero attached hydrogens (tertiary/aromatic N) is 2. The Balaban J connectivity index is 1.63.